The molecule has 2 rings (SSSR count). The Morgan fingerprint density at radius 2 is 2.15 bits per heavy atom. The molecule has 0 aliphatic carbocycles. The first-order valence-corrected chi connectivity index (χ1v) is 8.62. The summed E-state index contributed by atoms with van der Waals surface area (Å²) in [6.45, 7) is 6.34. The third-order valence-corrected chi connectivity index (χ3v) is 4.09. The highest BCUT2D eigenvalue weighted by atomic mass is 127. The van der Waals surface area contributed by atoms with E-state index in [0.717, 1.165) is 31.7 Å². The number of piperidine rings is 1. The van der Waals surface area contributed by atoms with Crippen LogP contribution >= 0.6 is 24.0 Å². The molecule has 1 saturated heterocycles. The van der Waals surface area contributed by atoms with Crippen molar-refractivity contribution in [1.82, 2.24) is 20.5 Å². The van der Waals surface area contributed by atoms with Crippen LogP contribution in [0.15, 0.2) is 42.0 Å². The molecule has 8 heteroatoms. The minimum absolute atomic E-state index is 0. The zero-order chi connectivity index (χ0) is 18.1. The Bertz CT molecular complexity index is 585. The van der Waals surface area contributed by atoms with Gasteiger partial charge in [0, 0.05) is 46.0 Å². The van der Waals surface area contributed by atoms with Crippen molar-refractivity contribution in [2.24, 2.45) is 4.99 Å². The Morgan fingerprint density at radius 1 is 1.42 bits per heavy atom. The first-order valence-electron chi connectivity index (χ1n) is 8.62. The molecule has 1 aliphatic rings. The van der Waals surface area contributed by atoms with E-state index in [0.29, 0.717) is 18.5 Å². The van der Waals surface area contributed by atoms with Gasteiger partial charge in [0.25, 0.3) is 0 Å². The Labute approximate surface area is 173 Å². The van der Waals surface area contributed by atoms with E-state index in [1.165, 1.54) is 0 Å². The van der Waals surface area contributed by atoms with Gasteiger partial charge in [-0.3, -0.25) is 4.79 Å². The first kappa shape index (κ1) is 22.2. The zero-order valence-electron chi connectivity index (χ0n) is 15.5. The fraction of sp³-hybridized carbons (Fsp3) is 0.500. The normalized spacial score (nSPS) is 15.0. The maximum absolute atomic E-state index is 11.7. The quantitative estimate of drug-likeness (QED) is 0.284. The number of aliphatic imine (C=N–C) groups is 1. The summed E-state index contributed by atoms with van der Waals surface area (Å²) in [5.41, 5.74) is 0. The Balaban J connectivity index is 0.00000338. The standard InChI is InChI=1S/C18H28N6O.HI/c1-4-10-20-18(21-14-17(25)23(2)3)22-15-8-12-24(13-9-15)16-7-5-6-11-19-16;/h4-7,11,15H,1,8-10,12-14H2,2-3H3,(H2,20,21,22);1H. The van der Waals surface area contributed by atoms with Gasteiger partial charge < -0.3 is 20.4 Å². The van der Waals surface area contributed by atoms with E-state index >= 15 is 0 Å². The number of anilines is 1. The number of carbonyl (C=O) groups excluding carboxylic acids is 1. The summed E-state index contributed by atoms with van der Waals surface area (Å²) in [5.74, 6) is 1.66. The molecule has 2 heterocycles. The van der Waals surface area contributed by atoms with E-state index in [2.05, 4.69) is 32.1 Å². The number of carbonyl (C=O) groups is 1. The molecule has 26 heavy (non-hydrogen) atoms. The van der Waals surface area contributed by atoms with Crippen LogP contribution in [0, 0.1) is 0 Å². The second-order valence-electron chi connectivity index (χ2n) is 6.22. The van der Waals surface area contributed by atoms with E-state index in [1.807, 2.05) is 24.4 Å². The summed E-state index contributed by atoms with van der Waals surface area (Å²) in [5, 5.41) is 6.61. The average molecular weight is 472 g/mol. The molecule has 0 atom stereocenters. The SMILES string of the molecule is C=CCNC(=NCC(=O)N(C)C)NC1CCN(c2ccccn2)CC1.I. The number of hydrogen-bond donors (Lipinski definition) is 2. The van der Waals surface area contributed by atoms with Crippen LogP contribution < -0.4 is 15.5 Å². The van der Waals surface area contributed by atoms with Gasteiger partial charge in [-0.15, -0.1) is 30.6 Å². The van der Waals surface area contributed by atoms with Crippen LogP contribution in [-0.4, -0.2) is 68.1 Å². The van der Waals surface area contributed by atoms with Gasteiger partial charge in [-0.05, 0) is 25.0 Å². The molecule has 0 bridgehead atoms. The predicted molar refractivity (Wildman–Crippen MR) is 117 cm³/mol. The highest BCUT2D eigenvalue weighted by Crippen LogP contribution is 2.17. The Hall–Kier alpha value is -1.84. The highest BCUT2D eigenvalue weighted by molar-refractivity contribution is 14.0. The van der Waals surface area contributed by atoms with Crippen molar-refractivity contribution < 1.29 is 4.79 Å². The van der Waals surface area contributed by atoms with Crippen LogP contribution in [-0.2, 0) is 4.79 Å². The van der Waals surface area contributed by atoms with E-state index in [-0.39, 0.29) is 36.4 Å². The average Bonchev–Trinajstić information content (AvgIpc) is 2.64. The molecular weight excluding hydrogens is 443 g/mol. The maximum Gasteiger partial charge on any atom is 0.243 e. The summed E-state index contributed by atoms with van der Waals surface area (Å²) >= 11 is 0. The minimum Gasteiger partial charge on any atom is -0.356 e. The third-order valence-electron chi connectivity index (χ3n) is 4.09. The van der Waals surface area contributed by atoms with Gasteiger partial charge in [-0.2, -0.15) is 0 Å². The van der Waals surface area contributed by atoms with Crippen LogP contribution in [0.5, 0.6) is 0 Å². The van der Waals surface area contributed by atoms with E-state index in [1.54, 1.807) is 25.1 Å². The highest BCUT2D eigenvalue weighted by Gasteiger charge is 2.20. The number of likely N-dealkylation sites (N-methyl/N-ethyl adjacent to an activating group) is 1. The molecule has 1 fully saturated rings. The summed E-state index contributed by atoms with van der Waals surface area (Å²) in [6, 6.07) is 6.31. The third kappa shape index (κ3) is 7.19. The van der Waals surface area contributed by atoms with Crippen molar-refractivity contribution in [2.45, 2.75) is 18.9 Å². The van der Waals surface area contributed by atoms with Crippen LogP contribution in [0.4, 0.5) is 5.82 Å². The number of guanidine groups is 1. The van der Waals surface area contributed by atoms with Crippen molar-refractivity contribution in [3.8, 4) is 0 Å². The lowest BCUT2D eigenvalue weighted by Gasteiger charge is -2.33. The second kappa shape index (κ2) is 11.7. The summed E-state index contributed by atoms with van der Waals surface area (Å²) in [7, 11) is 3.46. The smallest absolute Gasteiger partial charge is 0.243 e. The maximum atomic E-state index is 11.7. The van der Waals surface area contributed by atoms with Gasteiger partial charge in [0.15, 0.2) is 5.96 Å². The molecule has 1 aromatic heterocycles. The van der Waals surface area contributed by atoms with E-state index in [9.17, 15) is 4.79 Å². The van der Waals surface area contributed by atoms with E-state index < -0.39 is 0 Å². The van der Waals surface area contributed by atoms with Crippen molar-refractivity contribution >= 4 is 41.7 Å². The molecule has 0 saturated carbocycles. The molecular formula is C18H29IN6O. The number of halogens is 1. The lowest BCUT2D eigenvalue weighted by atomic mass is 10.1. The van der Waals surface area contributed by atoms with Gasteiger partial charge >= 0.3 is 0 Å². The predicted octanol–water partition coefficient (Wildman–Crippen LogP) is 1.48. The van der Waals surface area contributed by atoms with Crippen LogP contribution in [0.2, 0.25) is 0 Å². The molecule has 1 aliphatic heterocycles. The number of aromatic nitrogens is 1. The number of nitrogens with one attached hydrogen (secondary N) is 2. The second-order valence-corrected chi connectivity index (χ2v) is 6.22. The summed E-state index contributed by atoms with van der Waals surface area (Å²) in [6.07, 6.45) is 5.58. The Kier molecular flexibility index (Phi) is 10.0. The lowest BCUT2D eigenvalue weighted by molar-refractivity contribution is -0.127. The molecule has 1 amide bonds. The van der Waals surface area contributed by atoms with Gasteiger partial charge in [0.2, 0.25) is 5.91 Å². The van der Waals surface area contributed by atoms with Crippen molar-refractivity contribution in [1.29, 1.82) is 0 Å². The number of pyridine rings is 1. The van der Waals surface area contributed by atoms with Crippen molar-refractivity contribution in [2.75, 3.05) is 45.2 Å². The van der Waals surface area contributed by atoms with Crippen molar-refractivity contribution in [3.63, 3.8) is 0 Å². The number of rotatable bonds is 6. The number of hydrogen-bond acceptors (Lipinski definition) is 4. The molecule has 0 unspecified atom stereocenters. The Morgan fingerprint density at radius 3 is 2.73 bits per heavy atom. The summed E-state index contributed by atoms with van der Waals surface area (Å²) in [4.78, 5) is 24.4. The zero-order valence-corrected chi connectivity index (χ0v) is 17.8. The van der Waals surface area contributed by atoms with Crippen molar-refractivity contribution in [3.05, 3.63) is 37.1 Å². The topological polar surface area (TPSA) is 72.9 Å². The van der Waals surface area contributed by atoms with Gasteiger partial charge in [-0.25, -0.2) is 9.98 Å². The van der Waals surface area contributed by atoms with Gasteiger partial charge in [0.05, 0.1) is 0 Å². The molecule has 144 valence electrons. The molecule has 0 spiro atoms. The molecule has 0 aromatic carbocycles. The lowest BCUT2D eigenvalue weighted by Crippen LogP contribution is -2.49. The minimum atomic E-state index is -0.0234. The first-order chi connectivity index (χ1) is 12.1. The van der Waals surface area contributed by atoms with Gasteiger partial charge in [0.1, 0.15) is 12.4 Å². The molecule has 2 N–H and O–H groups in total. The molecule has 1 aromatic rings. The number of nitrogens with zero attached hydrogens (tertiary/aromatic N) is 4. The fourth-order valence-electron chi connectivity index (χ4n) is 2.60. The monoisotopic (exact) mass is 472 g/mol. The summed E-state index contributed by atoms with van der Waals surface area (Å²) < 4.78 is 0. The molecule has 7 nitrogen and oxygen atoms in total. The van der Waals surface area contributed by atoms with Gasteiger partial charge in [-0.1, -0.05) is 12.1 Å². The van der Waals surface area contributed by atoms with Crippen LogP contribution in [0.1, 0.15) is 12.8 Å². The van der Waals surface area contributed by atoms with Crippen LogP contribution in [0.3, 0.4) is 0 Å². The largest absolute Gasteiger partial charge is 0.356 e. The fourth-order valence-corrected chi connectivity index (χ4v) is 2.60. The number of amides is 1. The molecule has 0 radical (unpaired) electrons. The van der Waals surface area contributed by atoms with Crippen LogP contribution in [0.25, 0.3) is 0 Å². The van der Waals surface area contributed by atoms with E-state index in [4.69, 9.17) is 0 Å².